The van der Waals surface area contributed by atoms with Crippen LogP contribution in [0.2, 0.25) is 0 Å². The van der Waals surface area contributed by atoms with Gasteiger partial charge in [-0.3, -0.25) is 0 Å². The Morgan fingerprint density at radius 1 is 1.19 bits per heavy atom. The average molecular weight is 499 g/mol. The third-order valence-electron chi connectivity index (χ3n) is 6.43. The molecule has 0 radical (unpaired) electrons. The van der Waals surface area contributed by atoms with Crippen molar-refractivity contribution in [1.29, 1.82) is 0 Å². The lowest BCUT2D eigenvalue weighted by atomic mass is 9.93. The molecule has 0 spiro atoms. The summed E-state index contributed by atoms with van der Waals surface area (Å²) in [6.07, 6.45) is 6.16. The van der Waals surface area contributed by atoms with Crippen molar-refractivity contribution < 1.29 is 27.9 Å². The number of hydrogen-bond donors (Lipinski definition) is 1. The molecule has 188 valence electrons. The van der Waals surface area contributed by atoms with Crippen molar-refractivity contribution in [1.82, 2.24) is 14.5 Å². The van der Waals surface area contributed by atoms with Gasteiger partial charge in [-0.15, -0.1) is 0 Å². The first-order valence-electron chi connectivity index (χ1n) is 11.5. The van der Waals surface area contributed by atoms with E-state index in [-0.39, 0.29) is 5.56 Å². The van der Waals surface area contributed by atoms with Gasteiger partial charge in [0, 0.05) is 12.7 Å². The molecule has 1 N–H and O–H groups in total. The number of imidazole rings is 1. The van der Waals surface area contributed by atoms with Gasteiger partial charge in [-0.1, -0.05) is 11.2 Å². The van der Waals surface area contributed by atoms with E-state index in [9.17, 15) is 18.3 Å². The molecule has 3 aromatic rings. The lowest BCUT2D eigenvalue weighted by Crippen LogP contribution is -2.49. The number of amidine groups is 1. The van der Waals surface area contributed by atoms with Crippen LogP contribution in [0.1, 0.15) is 35.7 Å². The Bertz CT molecular complexity index is 1330. The van der Waals surface area contributed by atoms with E-state index in [4.69, 9.17) is 9.57 Å². The van der Waals surface area contributed by atoms with Crippen LogP contribution in [0.4, 0.5) is 13.2 Å². The number of aliphatic hydroxyl groups excluding tert-OH is 1. The van der Waals surface area contributed by atoms with Crippen LogP contribution < -0.4 is 4.74 Å². The molecule has 1 fully saturated rings. The summed E-state index contributed by atoms with van der Waals surface area (Å²) in [5.74, 6) is -2.95. The molecule has 0 saturated carbocycles. The smallest absolute Gasteiger partial charge is 0.194 e. The van der Waals surface area contributed by atoms with Crippen molar-refractivity contribution >= 4 is 11.9 Å². The minimum absolute atomic E-state index is 0.167. The van der Waals surface area contributed by atoms with Crippen LogP contribution >= 0.6 is 0 Å². The first-order valence-corrected chi connectivity index (χ1v) is 11.5. The van der Waals surface area contributed by atoms with E-state index in [1.54, 1.807) is 13.4 Å². The third-order valence-corrected chi connectivity index (χ3v) is 6.43. The van der Waals surface area contributed by atoms with Crippen LogP contribution in [-0.2, 0) is 4.84 Å². The van der Waals surface area contributed by atoms with E-state index in [2.05, 4.69) is 10.1 Å². The molecule has 1 aromatic heterocycles. The number of benzene rings is 2. The number of aliphatic hydroxyl groups is 1. The molecule has 0 amide bonds. The Morgan fingerprint density at radius 2 is 1.97 bits per heavy atom. The molecule has 1 saturated heterocycles. The molecule has 2 aromatic carbocycles. The number of piperidine rings is 1. The second-order valence-electron chi connectivity index (χ2n) is 8.80. The molecule has 10 heteroatoms. The minimum Gasteiger partial charge on any atom is -0.495 e. The van der Waals surface area contributed by atoms with E-state index in [1.165, 1.54) is 0 Å². The second-order valence-corrected chi connectivity index (χ2v) is 8.80. The zero-order chi connectivity index (χ0) is 25.4. The molecule has 7 nitrogen and oxygen atoms in total. The van der Waals surface area contributed by atoms with Crippen molar-refractivity contribution in [3.63, 3.8) is 0 Å². The van der Waals surface area contributed by atoms with Crippen molar-refractivity contribution in [2.45, 2.75) is 31.9 Å². The second kappa shape index (κ2) is 9.69. The predicted molar refractivity (Wildman–Crippen MR) is 127 cm³/mol. The molecular weight excluding hydrogens is 473 g/mol. The number of oxime groups is 1. The largest absolute Gasteiger partial charge is 0.495 e. The highest BCUT2D eigenvalue weighted by Crippen LogP contribution is 2.37. The van der Waals surface area contributed by atoms with Crippen molar-refractivity contribution in [3.05, 3.63) is 82.7 Å². The van der Waals surface area contributed by atoms with Gasteiger partial charge in [0.25, 0.3) is 0 Å². The van der Waals surface area contributed by atoms with Crippen LogP contribution in [0, 0.1) is 24.4 Å². The Hall–Kier alpha value is -3.79. The molecule has 1 unspecified atom stereocenters. The fourth-order valence-corrected chi connectivity index (χ4v) is 4.76. The maximum atomic E-state index is 14.0. The Morgan fingerprint density at radius 3 is 2.64 bits per heavy atom. The van der Waals surface area contributed by atoms with E-state index >= 15 is 0 Å². The van der Waals surface area contributed by atoms with Crippen molar-refractivity contribution in [2.75, 3.05) is 20.3 Å². The number of ether oxygens (including phenoxy) is 1. The summed E-state index contributed by atoms with van der Waals surface area (Å²) in [6, 6.07) is 6.93. The molecule has 3 heterocycles. The summed E-state index contributed by atoms with van der Waals surface area (Å²) in [5.41, 5.74) is 3.62. The summed E-state index contributed by atoms with van der Waals surface area (Å²) in [4.78, 5) is 11.7. The maximum absolute atomic E-state index is 14.0. The minimum atomic E-state index is -1.53. The molecule has 2 aliphatic heterocycles. The maximum Gasteiger partial charge on any atom is 0.194 e. The summed E-state index contributed by atoms with van der Waals surface area (Å²) in [5, 5.41) is 14.1. The molecular formula is C26H25F3N4O3. The summed E-state index contributed by atoms with van der Waals surface area (Å²) >= 11 is 0. The topological polar surface area (TPSA) is 72.1 Å². The van der Waals surface area contributed by atoms with Gasteiger partial charge in [0.05, 0.1) is 37.5 Å². The molecule has 0 bridgehead atoms. The van der Waals surface area contributed by atoms with E-state index in [0.717, 1.165) is 41.1 Å². The fraction of sp³-hybridized carbons (Fsp3) is 0.308. The fourth-order valence-electron chi connectivity index (χ4n) is 4.76. The number of aryl methyl sites for hydroxylation is 1. The molecule has 36 heavy (non-hydrogen) atoms. The molecule has 2 aliphatic rings. The van der Waals surface area contributed by atoms with Gasteiger partial charge < -0.3 is 24.1 Å². The van der Waals surface area contributed by atoms with Gasteiger partial charge in [0.15, 0.2) is 29.4 Å². The van der Waals surface area contributed by atoms with Gasteiger partial charge >= 0.3 is 0 Å². The SMILES string of the molecule is COc1cc(/C=C2\CCCN3C2=NOC(CO)[C@@H]3c2cc(F)c(F)c(F)c2)ccc1-n1cnc(C)c1. The molecule has 2 atom stereocenters. The van der Waals surface area contributed by atoms with E-state index < -0.39 is 36.2 Å². The number of hydrogen-bond acceptors (Lipinski definition) is 6. The normalized spacial score (nSPS) is 20.7. The van der Waals surface area contributed by atoms with Gasteiger partial charge in [-0.25, -0.2) is 18.2 Å². The van der Waals surface area contributed by atoms with Crippen LogP contribution in [0.15, 0.2) is 53.6 Å². The highest BCUT2D eigenvalue weighted by Gasteiger charge is 2.40. The van der Waals surface area contributed by atoms with Crippen molar-refractivity contribution in [3.8, 4) is 11.4 Å². The van der Waals surface area contributed by atoms with Gasteiger partial charge in [0.1, 0.15) is 5.75 Å². The monoisotopic (exact) mass is 498 g/mol. The first kappa shape index (κ1) is 23.9. The predicted octanol–water partition coefficient (Wildman–Crippen LogP) is 4.53. The number of fused-ring (bicyclic) bond motifs is 1. The summed E-state index contributed by atoms with van der Waals surface area (Å²) in [6.45, 7) is 2.01. The standard InChI is InChI=1S/C26H25F3N4O3/c1-15-12-32(14-30-15)21-6-5-16(9-22(21)35-2)8-17-4-3-7-33-25(23(13-34)36-31-26(17)33)18-10-19(27)24(29)20(28)11-18/h5-6,8-12,14,23,25,34H,3-4,7,13H2,1-2H3/b17-8+/t23?,25-/m0/s1. The third kappa shape index (κ3) is 4.32. The molecule has 5 rings (SSSR count). The van der Waals surface area contributed by atoms with Crippen LogP contribution in [0.25, 0.3) is 11.8 Å². The number of nitrogens with zero attached hydrogens (tertiary/aromatic N) is 4. The number of rotatable bonds is 5. The van der Waals surface area contributed by atoms with Gasteiger partial charge in [-0.2, -0.15) is 0 Å². The van der Waals surface area contributed by atoms with Gasteiger partial charge in [-0.05, 0) is 66.8 Å². The zero-order valence-electron chi connectivity index (χ0n) is 19.8. The zero-order valence-corrected chi connectivity index (χ0v) is 19.8. The number of methoxy groups -OCH3 is 1. The van der Waals surface area contributed by atoms with Crippen molar-refractivity contribution in [2.24, 2.45) is 5.16 Å². The lowest BCUT2D eigenvalue weighted by Gasteiger charge is -2.43. The average Bonchev–Trinajstić information content (AvgIpc) is 3.32. The van der Waals surface area contributed by atoms with Crippen LogP contribution in [0.5, 0.6) is 5.75 Å². The van der Waals surface area contributed by atoms with Crippen LogP contribution in [0.3, 0.4) is 0 Å². The quantitative estimate of drug-likeness (QED) is 0.524. The number of aromatic nitrogens is 2. The first-order chi connectivity index (χ1) is 17.4. The van der Waals surface area contributed by atoms with E-state index in [1.807, 2.05) is 46.9 Å². The number of halogens is 3. The van der Waals surface area contributed by atoms with E-state index in [0.29, 0.717) is 24.6 Å². The summed E-state index contributed by atoms with van der Waals surface area (Å²) < 4.78 is 49.2. The van der Waals surface area contributed by atoms with Gasteiger partial charge in [0.2, 0.25) is 0 Å². The van der Waals surface area contributed by atoms with Crippen LogP contribution in [-0.4, -0.2) is 51.8 Å². The Kier molecular flexibility index (Phi) is 6.44. The lowest BCUT2D eigenvalue weighted by molar-refractivity contribution is -0.0497. The Labute approximate surface area is 206 Å². The highest BCUT2D eigenvalue weighted by atomic mass is 19.2. The molecule has 0 aliphatic carbocycles. The highest BCUT2D eigenvalue weighted by molar-refractivity contribution is 6.03. The Balaban J connectivity index is 1.50. The summed E-state index contributed by atoms with van der Waals surface area (Å²) in [7, 11) is 1.60.